The first-order valence-electron chi connectivity index (χ1n) is 9.63. The van der Waals surface area contributed by atoms with E-state index in [2.05, 4.69) is 5.32 Å². The van der Waals surface area contributed by atoms with Crippen molar-refractivity contribution < 1.29 is 19.3 Å². The number of benzene rings is 3. The molecule has 31 heavy (non-hydrogen) atoms. The second-order valence-corrected chi connectivity index (χ2v) is 7.65. The molecule has 0 spiro atoms. The van der Waals surface area contributed by atoms with Crippen LogP contribution in [0, 0.1) is 17.0 Å². The second-order valence-electron chi connectivity index (χ2n) is 7.65. The van der Waals surface area contributed by atoms with Crippen LogP contribution in [0.5, 0.6) is 0 Å². The number of nitrogens with zero attached hydrogens (tertiary/aromatic N) is 2. The number of urea groups is 1. The minimum Gasteiger partial charge on any atom is -0.319 e. The van der Waals surface area contributed by atoms with Crippen molar-refractivity contribution in [3.63, 3.8) is 0 Å². The quantitative estimate of drug-likeness (QED) is 0.295. The van der Waals surface area contributed by atoms with E-state index in [1.54, 1.807) is 19.9 Å². The third-order valence-corrected chi connectivity index (χ3v) is 5.63. The highest BCUT2D eigenvalue weighted by atomic mass is 16.6. The number of nitrogens with one attached hydrogen (secondary N) is 1. The van der Waals surface area contributed by atoms with Crippen LogP contribution in [0.4, 0.5) is 10.5 Å². The normalized spacial score (nSPS) is 18.3. The SMILES string of the molecule is Cc1ccc(C(=O)CN2C(=O)NC(C)(c3cccc4ccccc34)C2=O)cc1[N+](=O)[O-]. The van der Waals surface area contributed by atoms with Crippen molar-refractivity contribution in [1.29, 1.82) is 0 Å². The predicted octanol–water partition coefficient (Wildman–Crippen LogP) is 3.71. The number of rotatable bonds is 5. The van der Waals surface area contributed by atoms with E-state index in [4.69, 9.17) is 0 Å². The van der Waals surface area contributed by atoms with Gasteiger partial charge in [-0.25, -0.2) is 4.79 Å². The van der Waals surface area contributed by atoms with E-state index >= 15 is 0 Å². The number of ketones is 1. The number of nitro groups is 1. The lowest BCUT2D eigenvalue weighted by molar-refractivity contribution is -0.385. The number of amides is 3. The van der Waals surface area contributed by atoms with E-state index in [1.165, 1.54) is 18.2 Å². The Balaban J connectivity index is 1.65. The van der Waals surface area contributed by atoms with Gasteiger partial charge in [-0.2, -0.15) is 0 Å². The number of fused-ring (bicyclic) bond motifs is 1. The predicted molar refractivity (Wildman–Crippen MR) is 114 cm³/mol. The molecule has 8 heteroatoms. The molecule has 1 atom stereocenters. The molecular weight excluding hydrogens is 398 g/mol. The summed E-state index contributed by atoms with van der Waals surface area (Å²) in [4.78, 5) is 50.1. The van der Waals surface area contributed by atoms with Crippen molar-refractivity contribution in [2.75, 3.05) is 6.54 Å². The maximum absolute atomic E-state index is 13.3. The summed E-state index contributed by atoms with van der Waals surface area (Å²) in [5.74, 6) is -1.11. The van der Waals surface area contributed by atoms with Crippen LogP contribution in [0.15, 0.2) is 60.7 Å². The molecule has 1 fully saturated rings. The minimum absolute atomic E-state index is 0.0664. The van der Waals surface area contributed by atoms with E-state index in [-0.39, 0.29) is 11.3 Å². The summed E-state index contributed by atoms with van der Waals surface area (Å²) in [6.07, 6.45) is 0. The second kappa shape index (κ2) is 7.32. The summed E-state index contributed by atoms with van der Waals surface area (Å²) in [5, 5.41) is 15.6. The first-order chi connectivity index (χ1) is 14.7. The largest absolute Gasteiger partial charge is 0.325 e. The van der Waals surface area contributed by atoms with E-state index in [0.717, 1.165) is 15.7 Å². The van der Waals surface area contributed by atoms with Gasteiger partial charge in [0.1, 0.15) is 5.54 Å². The van der Waals surface area contributed by atoms with Gasteiger partial charge in [-0.15, -0.1) is 0 Å². The van der Waals surface area contributed by atoms with Crippen molar-refractivity contribution in [2.24, 2.45) is 0 Å². The van der Waals surface area contributed by atoms with E-state index < -0.39 is 34.7 Å². The van der Waals surface area contributed by atoms with Gasteiger partial charge in [-0.05, 0) is 30.2 Å². The Bertz CT molecular complexity index is 1260. The maximum atomic E-state index is 13.3. The van der Waals surface area contributed by atoms with Crippen LogP contribution in [-0.2, 0) is 10.3 Å². The number of hydrogen-bond acceptors (Lipinski definition) is 5. The zero-order chi connectivity index (χ0) is 22.3. The van der Waals surface area contributed by atoms with Gasteiger partial charge in [0.05, 0.1) is 11.5 Å². The van der Waals surface area contributed by atoms with Crippen LogP contribution in [0.25, 0.3) is 10.8 Å². The first-order valence-corrected chi connectivity index (χ1v) is 9.63. The number of carbonyl (C=O) groups excluding carboxylic acids is 3. The Hall–Kier alpha value is -4.07. The molecule has 3 aromatic carbocycles. The molecule has 1 heterocycles. The van der Waals surface area contributed by atoms with Crippen LogP contribution >= 0.6 is 0 Å². The lowest BCUT2D eigenvalue weighted by atomic mass is 9.88. The van der Waals surface area contributed by atoms with Crippen molar-refractivity contribution in [3.05, 3.63) is 87.5 Å². The van der Waals surface area contributed by atoms with Crippen LogP contribution in [0.1, 0.15) is 28.4 Å². The van der Waals surface area contributed by atoms with Gasteiger partial charge in [0.15, 0.2) is 5.78 Å². The summed E-state index contributed by atoms with van der Waals surface area (Å²) >= 11 is 0. The van der Waals surface area contributed by atoms with Crippen molar-refractivity contribution >= 4 is 34.2 Å². The first kappa shape index (κ1) is 20.2. The number of aryl methyl sites for hydroxylation is 1. The van der Waals surface area contributed by atoms with Gasteiger partial charge >= 0.3 is 6.03 Å². The fourth-order valence-electron chi connectivity index (χ4n) is 3.90. The Kier molecular flexibility index (Phi) is 4.77. The monoisotopic (exact) mass is 417 g/mol. The number of imide groups is 1. The van der Waals surface area contributed by atoms with Crippen LogP contribution in [0.2, 0.25) is 0 Å². The van der Waals surface area contributed by atoms with Gasteiger partial charge in [-0.3, -0.25) is 24.6 Å². The molecular formula is C23H19N3O5. The third-order valence-electron chi connectivity index (χ3n) is 5.63. The zero-order valence-corrected chi connectivity index (χ0v) is 16.9. The Morgan fingerprint density at radius 1 is 1.10 bits per heavy atom. The molecule has 1 aliphatic rings. The molecule has 1 saturated heterocycles. The average Bonchev–Trinajstić information content (AvgIpc) is 2.97. The highest BCUT2D eigenvalue weighted by Gasteiger charge is 2.50. The summed E-state index contributed by atoms with van der Waals surface area (Å²) in [7, 11) is 0. The van der Waals surface area contributed by atoms with Crippen LogP contribution in [0.3, 0.4) is 0 Å². The molecule has 0 radical (unpaired) electrons. The van der Waals surface area contributed by atoms with Gasteiger partial charge in [-0.1, -0.05) is 54.6 Å². The Labute approximate surface area is 177 Å². The highest BCUT2D eigenvalue weighted by Crippen LogP contribution is 2.34. The summed E-state index contributed by atoms with van der Waals surface area (Å²) in [6.45, 7) is 2.67. The van der Waals surface area contributed by atoms with Crippen molar-refractivity contribution in [3.8, 4) is 0 Å². The minimum atomic E-state index is -1.34. The molecule has 1 unspecified atom stereocenters. The fraction of sp³-hybridized carbons (Fsp3) is 0.174. The topological polar surface area (TPSA) is 110 Å². The third kappa shape index (κ3) is 3.31. The van der Waals surface area contributed by atoms with Gasteiger partial charge < -0.3 is 5.32 Å². The molecule has 3 amide bonds. The standard InChI is InChI=1S/C23H19N3O5/c1-14-10-11-16(12-19(14)26(30)31)20(27)13-25-21(28)23(2,24-22(25)29)18-9-5-7-15-6-3-4-8-17(15)18/h3-12H,13H2,1-2H3,(H,24,29). The fourth-order valence-corrected chi connectivity index (χ4v) is 3.90. The Morgan fingerprint density at radius 3 is 2.55 bits per heavy atom. The van der Waals surface area contributed by atoms with Crippen molar-refractivity contribution in [1.82, 2.24) is 10.2 Å². The molecule has 1 N–H and O–H groups in total. The van der Waals surface area contributed by atoms with E-state index in [0.29, 0.717) is 11.1 Å². The molecule has 0 aliphatic carbocycles. The number of nitro benzene ring substituents is 1. The summed E-state index contributed by atoms with van der Waals surface area (Å²) in [5.41, 5.74) is -0.414. The Morgan fingerprint density at radius 2 is 1.81 bits per heavy atom. The number of carbonyl (C=O) groups is 3. The van der Waals surface area contributed by atoms with Gasteiger partial charge in [0.25, 0.3) is 11.6 Å². The van der Waals surface area contributed by atoms with Gasteiger partial charge in [0.2, 0.25) is 0 Å². The molecule has 1 aliphatic heterocycles. The average molecular weight is 417 g/mol. The maximum Gasteiger partial charge on any atom is 0.325 e. The molecule has 0 saturated carbocycles. The van der Waals surface area contributed by atoms with Crippen LogP contribution in [-0.4, -0.2) is 34.1 Å². The zero-order valence-electron chi connectivity index (χ0n) is 16.9. The highest BCUT2D eigenvalue weighted by molar-refractivity contribution is 6.12. The van der Waals surface area contributed by atoms with Gasteiger partial charge in [0, 0.05) is 17.2 Å². The number of Topliss-reactive ketones (excluding diaryl/α,β-unsaturated/α-hetero) is 1. The van der Waals surface area contributed by atoms with E-state index in [1.807, 2.05) is 36.4 Å². The molecule has 156 valence electrons. The molecule has 8 nitrogen and oxygen atoms in total. The van der Waals surface area contributed by atoms with Crippen molar-refractivity contribution in [2.45, 2.75) is 19.4 Å². The molecule has 4 rings (SSSR count). The summed E-state index contributed by atoms with van der Waals surface area (Å²) < 4.78 is 0. The lowest BCUT2D eigenvalue weighted by Gasteiger charge is -2.24. The summed E-state index contributed by atoms with van der Waals surface area (Å²) in [6, 6.07) is 16.4. The van der Waals surface area contributed by atoms with Crippen LogP contribution < -0.4 is 5.32 Å². The lowest BCUT2D eigenvalue weighted by Crippen LogP contribution is -2.41. The molecule has 3 aromatic rings. The molecule has 0 bridgehead atoms. The van der Waals surface area contributed by atoms with E-state index in [9.17, 15) is 24.5 Å². The smallest absolute Gasteiger partial charge is 0.319 e. The molecule has 0 aromatic heterocycles. The number of hydrogen-bond donors (Lipinski definition) is 1.